The highest BCUT2D eigenvalue weighted by molar-refractivity contribution is 5.87. The van der Waals surface area contributed by atoms with Crippen LogP contribution in [-0.4, -0.2) is 28.7 Å². The van der Waals surface area contributed by atoms with Crippen LogP contribution in [0.15, 0.2) is 36.4 Å². The minimum absolute atomic E-state index is 0.0432. The molecule has 23 heavy (non-hydrogen) atoms. The van der Waals surface area contributed by atoms with E-state index in [1.165, 1.54) is 0 Å². The Bertz CT molecular complexity index is 640. The molecule has 124 valence electrons. The first-order valence-electron chi connectivity index (χ1n) is 7.78. The number of aryl methyl sites for hydroxylation is 1. The normalized spacial score (nSPS) is 26.9. The fourth-order valence-corrected chi connectivity index (χ4v) is 3.21. The molecule has 5 nitrogen and oxygen atoms in total. The van der Waals surface area contributed by atoms with E-state index in [0.29, 0.717) is 18.5 Å². The first-order valence-corrected chi connectivity index (χ1v) is 7.78. The van der Waals surface area contributed by atoms with Crippen molar-refractivity contribution >= 4 is 11.9 Å². The van der Waals surface area contributed by atoms with Crippen LogP contribution in [0.4, 0.5) is 0 Å². The molecule has 2 unspecified atom stereocenters. The second-order valence-electron chi connectivity index (χ2n) is 6.52. The number of hydrogen-bond donors (Lipinski definition) is 3. The minimum Gasteiger partial charge on any atom is -0.481 e. The Hall–Kier alpha value is -2.14. The van der Waals surface area contributed by atoms with Gasteiger partial charge in [-0.25, -0.2) is 0 Å². The predicted octanol–water partition coefficient (Wildman–Crippen LogP) is 2.34. The molecule has 2 rings (SSSR count). The van der Waals surface area contributed by atoms with Crippen molar-refractivity contribution in [3.63, 3.8) is 0 Å². The molecule has 5 heteroatoms. The summed E-state index contributed by atoms with van der Waals surface area (Å²) in [6.45, 7) is 2.18. The fourth-order valence-electron chi connectivity index (χ4n) is 3.21. The molecule has 1 aliphatic carbocycles. The smallest absolute Gasteiger partial charge is 0.318 e. The van der Waals surface area contributed by atoms with Gasteiger partial charge in [-0.15, -0.1) is 0 Å². The molecule has 0 amide bonds. The van der Waals surface area contributed by atoms with E-state index in [4.69, 9.17) is 5.73 Å². The number of rotatable bonds is 6. The van der Waals surface area contributed by atoms with E-state index in [1.807, 2.05) is 18.2 Å². The second kappa shape index (κ2) is 6.54. The van der Waals surface area contributed by atoms with E-state index in [1.54, 1.807) is 25.1 Å². The summed E-state index contributed by atoms with van der Waals surface area (Å²) in [7, 11) is 0. The summed E-state index contributed by atoms with van der Waals surface area (Å²) in [6.07, 6.45) is 5.30. The lowest BCUT2D eigenvalue weighted by Gasteiger charge is -2.38. The summed E-state index contributed by atoms with van der Waals surface area (Å²) in [5.41, 5.74) is 4.79. The first-order chi connectivity index (χ1) is 10.8. The molecule has 0 aliphatic heterocycles. The van der Waals surface area contributed by atoms with Crippen LogP contribution in [-0.2, 0) is 21.4 Å². The van der Waals surface area contributed by atoms with E-state index in [0.717, 1.165) is 18.4 Å². The van der Waals surface area contributed by atoms with Crippen molar-refractivity contribution < 1.29 is 19.8 Å². The Morgan fingerprint density at radius 3 is 2.61 bits per heavy atom. The number of carboxylic acids is 2. The van der Waals surface area contributed by atoms with Crippen molar-refractivity contribution in [2.75, 3.05) is 6.54 Å². The lowest BCUT2D eigenvalue weighted by Crippen LogP contribution is -2.44. The van der Waals surface area contributed by atoms with Crippen molar-refractivity contribution in [3.05, 3.63) is 47.5 Å². The summed E-state index contributed by atoms with van der Waals surface area (Å²) in [5, 5.41) is 19.3. The van der Waals surface area contributed by atoms with Crippen LogP contribution in [0.2, 0.25) is 0 Å². The number of hydrogen-bond acceptors (Lipinski definition) is 3. The Labute approximate surface area is 135 Å². The van der Waals surface area contributed by atoms with Gasteiger partial charge in [0.15, 0.2) is 0 Å². The number of allylic oxidation sites excluding steroid dienone is 1. The summed E-state index contributed by atoms with van der Waals surface area (Å²) < 4.78 is 0. The monoisotopic (exact) mass is 317 g/mol. The van der Waals surface area contributed by atoms with E-state index in [2.05, 4.69) is 0 Å². The van der Waals surface area contributed by atoms with Gasteiger partial charge < -0.3 is 15.9 Å². The zero-order valence-corrected chi connectivity index (χ0v) is 13.3. The van der Waals surface area contributed by atoms with Gasteiger partial charge in [-0.1, -0.05) is 36.4 Å². The Morgan fingerprint density at radius 2 is 2.00 bits per heavy atom. The van der Waals surface area contributed by atoms with Crippen LogP contribution in [0.3, 0.4) is 0 Å². The number of aliphatic carboxylic acids is 2. The van der Waals surface area contributed by atoms with Gasteiger partial charge in [0.1, 0.15) is 5.41 Å². The molecule has 0 saturated heterocycles. The fraction of sp³-hybridized carbons (Fsp3) is 0.444. The summed E-state index contributed by atoms with van der Waals surface area (Å²) in [4.78, 5) is 23.6. The molecule has 1 aromatic rings. The molecule has 0 saturated carbocycles. The molecular formula is C18H23NO4. The van der Waals surface area contributed by atoms with E-state index < -0.39 is 22.8 Å². The van der Waals surface area contributed by atoms with Crippen molar-refractivity contribution in [1.82, 2.24) is 0 Å². The maximum atomic E-state index is 12.0. The average Bonchev–Trinajstić information content (AvgIpc) is 2.52. The van der Waals surface area contributed by atoms with Crippen molar-refractivity contribution in [1.29, 1.82) is 0 Å². The van der Waals surface area contributed by atoms with Gasteiger partial charge in [-0.3, -0.25) is 9.59 Å². The van der Waals surface area contributed by atoms with Gasteiger partial charge in [-0.05, 0) is 50.3 Å². The minimum atomic E-state index is -1.30. The lowest BCUT2D eigenvalue weighted by molar-refractivity contribution is -0.152. The Kier molecular flexibility index (Phi) is 4.90. The maximum Gasteiger partial charge on any atom is 0.318 e. The number of nitrogens with two attached hydrogens (primary N) is 1. The molecule has 0 aromatic heterocycles. The Balaban J connectivity index is 2.46. The van der Waals surface area contributed by atoms with Gasteiger partial charge in [0.05, 0.1) is 5.41 Å². The van der Waals surface area contributed by atoms with E-state index >= 15 is 0 Å². The lowest BCUT2D eigenvalue weighted by atomic mass is 9.63. The van der Waals surface area contributed by atoms with Crippen LogP contribution in [0.25, 0.3) is 0 Å². The summed E-state index contributed by atoms with van der Waals surface area (Å²) in [5.74, 6) is -1.98. The Morgan fingerprint density at radius 1 is 1.26 bits per heavy atom. The summed E-state index contributed by atoms with van der Waals surface area (Å²) in [6, 6.07) is 7.39. The number of carboxylic acid groups (broad SMARTS) is 2. The third-order valence-electron chi connectivity index (χ3n) is 4.65. The molecule has 1 aliphatic rings. The van der Waals surface area contributed by atoms with Gasteiger partial charge in [0.25, 0.3) is 0 Å². The van der Waals surface area contributed by atoms with Gasteiger partial charge in [0.2, 0.25) is 0 Å². The van der Waals surface area contributed by atoms with E-state index in [9.17, 15) is 19.8 Å². The zero-order chi connectivity index (χ0) is 17.1. The highest BCUT2D eigenvalue weighted by atomic mass is 16.4. The SMILES string of the molecule is CC1(C(=O)O)CC=CC(C(=O)O)(c2cccc(CCCN)c2)C1. The zero-order valence-electron chi connectivity index (χ0n) is 13.3. The van der Waals surface area contributed by atoms with Crippen LogP contribution in [0.1, 0.15) is 37.3 Å². The van der Waals surface area contributed by atoms with Gasteiger partial charge in [0, 0.05) is 0 Å². The van der Waals surface area contributed by atoms with Gasteiger partial charge in [-0.2, -0.15) is 0 Å². The number of carbonyl (C=O) groups is 2. The largest absolute Gasteiger partial charge is 0.481 e. The molecule has 2 atom stereocenters. The molecular weight excluding hydrogens is 294 g/mol. The maximum absolute atomic E-state index is 12.0. The van der Waals surface area contributed by atoms with Crippen LogP contribution >= 0.6 is 0 Å². The van der Waals surface area contributed by atoms with Crippen molar-refractivity contribution in [2.45, 2.75) is 38.0 Å². The molecule has 0 spiro atoms. The third-order valence-corrected chi connectivity index (χ3v) is 4.65. The molecule has 0 fully saturated rings. The van der Waals surface area contributed by atoms with Crippen LogP contribution in [0.5, 0.6) is 0 Å². The van der Waals surface area contributed by atoms with E-state index in [-0.39, 0.29) is 6.42 Å². The molecule has 4 N–H and O–H groups in total. The molecule has 0 bridgehead atoms. The van der Waals surface area contributed by atoms with Crippen molar-refractivity contribution in [2.24, 2.45) is 11.1 Å². The third kappa shape index (κ3) is 3.29. The highest BCUT2D eigenvalue weighted by Crippen LogP contribution is 2.45. The second-order valence-corrected chi connectivity index (χ2v) is 6.52. The highest BCUT2D eigenvalue weighted by Gasteiger charge is 2.49. The summed E-state index contributed by atoms with van der Waals surface area (Å²) >= 11 is 0. The molecule has 0 radical (unpaired) electrons. The standard InChI is InChI=1S/C18H23NO4/c1-17(15(20)21)8-4-9-18(12-17,16(22)23)14-7-2-5-13(11-14)6-3-10-19/h2,4-5,7,9,11H,3,6,8,10,12,19H2,1H3,(H,20,21)(H,22,23). The van der Waals surface area contributed by atoms with Gasteiger partial charge >= 0.3 is 11.9 Å². The molecule has 1 aromatic carbocycles. The topological polar surface area (TPSA) is 101 Å². The molecule has 0 heterocycles. The average molecular weight is 317 g/mol. The quantitative estimate of drug-likeness (QED) is 0.699. The van der Waals surface area contributed by atoms with Crippen molar-refractivity contribution in [3.8, 4) is 0 Å². The number of benzene rings is 1. The first kappa shape index (κ1) is 17.2. The van der Waals surface area contributed by atoms with Crippen LogP contribution in [0, 0.1) is 5.41 Å². The predicted molar refractivity (Wildman–Crippen MR) is 87.2 cm³/mol. The van der Waals surface area contributed by atoms with Crippen LogP contribution < -0.4 is 5.73 Å².